The minimum Gasteiger partial charge on any atom is -0.444 e. The molecule has 1 aromatic heterocycles. The van der Waals surface area contributed by atoms with Gasteiger partial charge in [0.1, 0.15) is 5.76 Å². The number of piperidine rings is 1. The predicted molar refractivity (Wildman–Crippen MR) is 123 cm³/mol. The van der Waals surface area contributed by atoms with Crippen molar-refractivity contribution in [1.82, 2.24) is 25.4 Å². The zero-order valence-electron chi connectivity index (χ0n) is 19.9. The maximum absolute atomic E-state index is 5.75. The van der Waals surface area contributed by atoms with Gasteiger partial charge < -0.3 is 15.1 Å². The first-order valence-corrected chi connectivity index (χ1v) is 11.8. The molecule has 7 heteroatoms. The summed E-state index contributed by atoms with van der Waals surface area (Å²) in [6, 6.07) is 1.08. The Bertz CT molecular complexity index is 672. The summed E-state index contributed by atoms with van der Waals surface area (Å²) in [5.41, 5.74) is 1.01. The predicted octanol–water partition coefficient (Wildman–Crippen LogP) is 2.79. The van der Waals surface area contributed by atoms with Gasteiger partial charge in [-0.3, -0.25) is 14.8 Å². The molecule has 2 fully saturated rings. The van der Waals surface area contributed by atoms with Gasteiger partial charge in [-0.15, -0.1) is 0 Å². The molecule has 2 N–H and O–H groups in total. The van der Waals surface area contributed by atoms with E-state index in [4.69, 9.17) is 9.41 Å². The fourth-order valence-corrected chi connectivity index (χ4v) is 4.46. The van der Waals surface area contributed by atoms with Crippen molar-refractivity contribution in [2.75, 3.05) is 39.3 Å². The van der Waals surface area contributed by atoms with Gasteiger partial charge in [-0.1, -0.05) is 6.92 Å². The first-order chi connectivity index (χ1) is 14.4. The highest BCUT2D eigenvalue weighted by atomic mass is 16.4. The topological polar surface area (TPSA) is 68.9 Å². The van der Waals surface area contributed by atoms with Crippen molar-refractivity contribution < 1.29 is 4.42 Å². The molecule has 2 unspecified atom stereocenters. The molecule has 0 bridgehead atoms. The molecule has 2 aliphatic heterocycles. The number of aromatic nitrogens is 1. The van der Waals surface area contributed by atoms with Crippen molar-refractivity contribution >= 4 is 5.96 Å². The van der Waals surface area contributed by atoms with Crippen LogP contribution in [0.25, 0.3) is 0 Å². The van der Waals surface area contributed by atoms with E-state index in [1.807, 2.05) is 13.8 Å². The second kappa shape index (κ2) is 10.6. The van der Waals surface area contributed by atoms with E-state index < -0.39 is 0 Å². The van der Waals surface area contributed by atoms with E-state index in [0.29, 0.717) is 23.9 Å². The van der Waals surface area contributed by atoms with Gasteiger partial charge in [0.25, 0.3) is 0 Å². The minimum atomic E-state index is 0.472. The zero-order chi connectivity index (χ0) is 21.7. The van der Waals surface area contributed by atoms with Gasteiger partial charge in [-0.25, -0.2) is 4.98 Å². The molecule has 0 aliphatic carbocycles. The van der Waals surface area contributed by atoms with Gasteiger partial charge in [0, 0.05) is 38.3 Å². The van der Waals surface area contributed by atoms with Crippen LogP contribution in [0.1, 0.15) is 57.9 Å². The van der Waals surface area contributed by atoms with Crippen LogP contribution in [0.15, 0.2) is 9.41 Å². The van der Waals surface area contributed by atoms with Crippen molar-refractivity contribution in [3.63, 3.8) is 0 Å². The molecule has 2 atom stereocenters. The van der Waals surface area contributed by atoms with Crippen molar-refractivity contribution in [2.45, 2.75) is 73.0 Å². The lowest BCUT2D eigenvalue weighted by molar-refractivity contribution is 0.166. The first-order valence-electron chi connectivity index (χ1n) is 11.8. The second-order valence-corrected chi connectivity index (χ2v) is 9.46. The third kappa shape index (κ3) is 6.20. The van der Waals surface area contributed by atoms with Crippen LogP contribution in [-0.4, -0.2) is 72.1 Å². The summed E-state index contributed by atoms with van der Waals surface area (Å²) in [5, 5.41) is 7.16. The molecule has 30 heavy (non-hydrogen) atoms. The number of rotatable bonds is 7. The number of guanidine groups is 1. The van der Waals surface area contributed by atoms with Crippen LogP contribution in [0.4, 0.5) is 0 Å². The number of hydrogen-bond acceptors (Lipinski definition) is 5. The standard InChI is InChI=1S/C23H42N6O/c1-7-24-23(27-21-14-29(16(2)3)13-17(21)4)25-12-20-8-10-28(11-9-20)15-22-26-18(5)19(6)30-22/h16-17,20-21H,7-15H2,1-6H3,(H2,24,25,27). The SMILES string of the molecule is CCNC(=NCC1CCN(Cc2nc(C)c(C)o2)CC1)NC1CN(C(C)C)CC1C. The first kappa shape index (κ1) is 23.1. The van der Waals surface area contributed by atoms with E-state index in [1.165, 1.54) is 12.8 Å². The minimum absolute atomic E-state index is 0.472. The van der Waals surface area contributed by atoms with E-state index in [-0.39, 0.29) is 0 Å². The molecular weight excluding hydrogens is 376 g/mol. The number of hydrogen-bond donors (Lipinski definition) is 2. The molecule has 0 spiro atoms. The highest BCUT2D eigenvalue weighted by Gasteiger charge is 2.31. The molecule has 3 rings (SSSR count). The van der Waals surface area contributed by atoms with E-state index in [1.54, 1.807) is 0 Å². The fourth-order valence-electron chi connectivity index (χ4n) is 4.46. The van der Waals surface area contributed by atoms with Crippen LogP contribution in [0.2, 0.25) is 0 Å². The molecule has 0 saturated carbocycles. The number of aryl methyl sites for hydroxylation is 2. The number of aliphatic imine (C=N–C) groups is 1. The average Bonchev–Trinajstić information content (AvgIpc) is 3.23. The van der Waals surface area contributed by atoms with Crippen LogP contribution >= 0.6 is 0 Å². The molecule has 1 aromatic rings. The van der Waals surface area contributed by atoms with Gasteiger partial charge in [0.2, 0.25) is 5.89 Å². The van der Waals surface area contributed by atoms with E-state index >= 15 is 0 Å². The summed E-state index contributed by atoms with van der Waals surface area (Å²) in [5.74, 6) is 4.06. The summed E-state index contributed by atoms with van der Waals surface area (Å²) < 4.78 is 5.75. The Labute approximate surface area is 182 Å². The Hall–Kier alpha value is -1.60. The summed E-state index contributed by atoms with van der Waals surface area (Å²) >= 11 is 0. The summed E-state index contributed by atoms with van der Waals surface area (Å²) in [6.07, 6.45) is 2.37. The number of nitrogens with one attached hydrogen (secondary N) is 2. The fraction of sp³-hybridized carbons (Fsp3) is 0.826. The monoisotopic (exact) mass is 418 g/mol. The quantitative estimate of drug-likeness (QED) is 0.524. The Kier molecular flexibility index (Phi) is 8.17. The van der Waals surface area contributed by atoms with Crippen LogP contribution < -0.4 is 10.6 Å². The Balaban J connectivity index is 1.46. The smallest absolute Gasteiger partial charge is 0.208 e. The Morgan fingerprint density at radius 2 is 1.97 bits per heavy atom. The summed E-state index contributed by atoms with van der Waals surface area (Å²) in [4.78, 5) is 14.5. The maximum atomic E-state index is 5.75. The lowest BCUT2D eigenvalue weighted by Crippen LogP contribution is -2.47. The maximum Gasteiger partial charge on any atom is 0.208 e. The van der Waals surface area contributed by atoms with Gasteiger partial charge in [-0.2, -0.15) is 0 Å². The molecule has 0 radical (unpaired) electrons. The van der Waals surface area contributed by atoms with Crippen LogP contribution in [-0.2, 0) is 6.54 Å². The molecule has 7 nitrogen and oxygen atoms in total. The third-order valence-electron chi connectivity index (χ3n) is 6.68. The summed E-state index contributed by atoms with van der Waals surface area (Å²) in [7, 11) is 0. The molecule has 2 aliphatic rings. The highest BCUT2D eigenvalue weighted by molar-refractivity contribution is 5.80. The largest absolute Gasteiger partial charge is 0.444 e. The van der Waals surface area contributed by atoms with Gasteiger partial charge in [0.15, 0.2) is 5.96 Å². The van der Waals surface area contributed by atoms with E-state index in [0.717, 1.165) is 69.1 Å². The molecule has 170 valence electrons. The lowest BCUT2D eigenvalue weighted by atomic mass is 9.97. The van der Waals surface area contributed by atoms with Crippen molar-refractivity contribution in [3.05, 3.63) is 17.3 Å². The van der Waals surface area contributed by atoms with E-state index in [2.05, 4.69) is 53.1 Å². The lowest BCUT2D eigenvalue weighted by Gasteiger charge is -2.30. The summed E-state index contributed by atoms with van der Waals surface area (Å²) in [6.45, 7) is 20.1. The Morgan fingerprint density at radius 1 is 1.23 bits per heavy atom. The van der Waals surface area contributed by atoms with Gasteiger partial charge >= 0.3 is 0 Å². The molecule has 0 amide bonds. The molecular formula is C23H42N6O. The second-order valence-electron chi connectivity index (χ2n) is 9.46. The normalized spacial score (nSPS) is 24.7. The van der Waals surface area contributed by atoms with Gasteiger partial charge in [0.05, 0.1) is 12.2 Å². The molecule has 0 aromatic carbocycles. The Morgan fingerprint density at radius 3 is 2.53 bits per heavy atom. The average molecular weight is 419 g/mol. The van der Waals surface area contributed by atoms with Crippen LogP contribution in [0.5, 0.6) is 0 Å². The van der Waals surface area contributed by atoms with Crippen molar-refractivity contribution in [1.29, 1.82) is 0 Å². The third-order valence-corrected chi connectivity index (χ3v) is 6.68. The van der Waals surface area contributed by atoms with Crippen molar-refractivity contribution in [2.24, 2.45) is 16.8 Å². The van der Waals surface area contributed by atoms with Crippen LogP contribution in [0.3, 0.4) is 0 Å². The van der Waals surface area contributed by atoms with E-state index in [9.17, 15) is 0 Å². The highest BCUT2D eigenvalue weighted by Crippen LogP contribution is 2.21. The molecule has 3 heterocycles. The number of likely N-dealkylation sites (tertiary alicyclic amines) is 2. The van der Waals surface area contributed by atoms with Gasteiger partial charge in [-0.05, 0) is 72.4 Å². The number of oxazole rings is 1. The molecule has 2 saturated heterocycles. The van der Waals surface area contributed by atoms with Crippen LogP contribution in [0, 0.1) is 25.7 Å². The van der Waals surface area contributed by atoms with Crippen molar-refractivity contribution in [3.8, 4) is 0 Å². The zero-order valence-corrected chi connectivity index (χ0v) is 19.9. The number of nitrogens with zero attached hydrogens (tertiary/aromatic N) is 4.